The maximum absolute atomic E-state index is 8.78. The Bertz CT molecular complexity index is 812. The molecule has 0 saturated carbocycles. The zero-order chi connectivity index (χ0) is 17.9. The number of aromatic nitrogens is 3. The van der Waals surface area contributed by atoms with Crippen LogP contribution in [-0.2, 0) is 0 Å². The predicted octanol–water partition coefficient (Wildman–Crippen LogP) is 4.35. The molecule has 0 fully saturated rings. The monoisotopic (exact) mass is 381 g/mol. The van der Waals surface area contributed by atoms with Gasteiger partial charge in [0, 0.05) is 24.8 Å². The molecule has 5 N–H and O–H groups in total. The lowest BCUT2D eigenvalue weighted by molar-refractivity contribution is 0.180. The van der Waals surface area contributed by atoms with Gasteiger partial charge in [-0.1, -0.05) is 42.7 Å². The van der Waals surface area contributed by atoms with Gasteiger partial charge in [-0.3, -0.25) is 0 Å². The molecule has 0 unspecified atom stereocenters. The largest absolute Gasteiger partial charge is 0.505 e. The third-order valence-corrected chi connectivity index (χ3v) is 3.40. The van der Waals surface area contributed by atoms with Gasteiger partial charge in [-0.05, 0) is 30.3 Å². The Balaban J connectivity index is 0.000000180. The van der Waals surface area contributed by atoms with Crippen molar-refractivity contribution in [3.8, 4) is 11.5 Å². The molecule has 3 aromatic rings. The number of aromatic amines is 2. The molecule has 3 aromatic heterocycles. The molecule has 0 saturated heterocycles. The first-order valence-electron chi connectivity index (χ1n) is 6.51. The molecule has 9 heteroatoms. The summed E-state index contributed by atoms with van der Waals surface area (Å²) < 4.78 is 2.18. The number of hydrogen-bond acceptors (Lipinski definition) is 6. The molecular formula is C15H15N3O3S3. The molecule has 0 aliphatic heterocycles. The fraction of sp³-hybridized carbons (Fsp3) is 0. The Morgan fingerprint density at radius 1 is 0.875 bits per heavy atom. The minimum absolute atomic E-state index is 0.127. The topological polar surface area (TPSA) is 97.2 Å². The van der Waals surface area contributed by atoms with Crippen LogP contribution in [0.5, 0.6) is 11.5 Å². The van der Waals surface area contributed by atoms with Crippen LogP contribution in [-0.4, -0.2) is 30.1 Å². The van der Waals surface area contributed by atoms with Gasteiger partial charge >= 0.3 is 0 Å². The van der Waals surface area contributed by atoms with Crippen molar-refractivity contribution in [2.45, 2.75) is 0 Å². The summed E-state index contributed by atoms with van der Waals surface area (Å²) in [5.41, 5.74) is 0. The first kappa shape index (κ1) is 19.6. The molecule has 0 aromatic carbocycles. The van der Waals surface area contributed by atoms with Crippen molar-refractivity contribution in [1.82, 2.24) is 14.7 Å². The number of rotatable bonds is 0. The summed E-state index contributed by atoms with van der Waals surface area (Å²) in [5, 5.41) is 26.3. The first-order chi connectivity index (χ1) is 11.4. The van der Waals surface area contributed by atoms with Crippen molar-refractivity contribution in [3.05, 3.63) is 75.0 Å². The van der Waals surface area contributed by atoms with Gasteiger partial charge in [0.25, 0.3) is 0 Å². The molecule has 0 atom stereocenters. The second kappa shape index (κ2) is 10.3. The highest BCUT2D eigenvalue weighted by molar-refractivity contribution is 7.71. The lowest BCUT2D eigenvalue weighted by Crippen LogP contribution is -1.89. The molecule has 0 aliphatic rings. The van der Waals surface area contributed by atoms with Gasteiger partial charge in [-0.2, -0.15) is 4.73 Å². The summed E-state index contributed by atoms with van der Waals surface area (Å²) >= 11 is 14.0. The van der Waals surface area contributed by atoms with Crippen LogP contribution < -0.4 is 0 Å². The highest BCUT2D eigenvalue weighted by atomic mass is 32.1. The van der Waals surface area contributed by atoms with Crippen LogP contribution in [0.1, 0.15) is 0 Å². The van der Waals surface area contributed by atoms with E-state index in [2.05, 4.69) is 46.6 Å². The average molecular weight is 382 g/mol. The third kappa shape index (κ3) is 7.18. The Labute approximate surface area is 153 Å². The number of H-pyrrole nitrogens is 2. The molecule has 3 heterocycles. The first-order valence-corrected chi connectivity index (χ1v) is 7.74. The van der Waals surface area contributed by atoms with Gasteiger partial charge in [0.1, 0.15) is 20.8 Å². The zero-order valence-electron chi connectivity index (χ0n) is 12.3. The molecule has 24 heavy (non-hydrogen) atoms. The smallest absolute Gasteiger partial charge is 0.150 e. The summed E-state index contributed by atoms with van der Waals surface area (Å²) in [6.07, 6.45) is 6.27. The van der Waals surface area contributed by atoms with Crippen molar-refractivity contribution >= 4 is 36.7 Å². The quantitative estimate of drug-likeness (QED) is 0.293. The van der Waals surface area contributed by atoms with E-state index < -0.39 is 0 Å². The Kier molecular flexibility index (Phi) is 8.41. The number of pyridine rings is 3. The van der Waals surface area contributed by atoms with Gasteiger partial charge < -0.3 is 25.4 Å². The van der Waals surface area contributed by atoms with Gasteiger partial charge in [-0.25, -0.2) is 0 Å². The summed E-state index contributed by atoms with van der Waals surface area (Å²) in [6, 6.07) is 9.98. The average Bonchev–Trinajstić information content (AvgIpc) is 2.57. The minimum atomic E-state index is 0.127. The fourth-order valence-corrected chi connectivity index (χ4v) is 1.64. The van der Waals surface area contributed by atoms with Gasteiger partial charge in [0.2, 0.25) is 0 Å². The maximum atomic E-state index is 8.78. The molecular weight excluding hydrogens is 366 g/mol. The molecule has 3 rings (SSSR count). The van der Waals surface area contributed by atoms with E-state index in [-0.39, 0.29) is 11.5 Å². The Hall–Kier alpha value is -2.49. The van der Waals surface area contributed by atoms with Gasteiger partial charge in [0.05, 0.1) is 4.51 Å². The Morgan fingerprint density at radius 3 is 2.00 bits per heavy atom. The molecule has 0 aliphatic carbocycles. The standard InChI is InChI=1S/3C5H5NOS/c7-4-3-6-2-1-5(4)8;7-4-2-1-3-6-5(4)8;7-6-4-2-1-3-5(6)8/h2*1-3,7H,(H,6,8);1-4,7H. The molecule has 6 nitrogen and oxygen atoms in total. The van der Waals surface area contributed by atoms with Crippen molar-refractivity contribution < 1.29 is 15.4 Å². The van der Waals surface area contributed by atoms with E-state index in [9.17, 15) is 0 Å². The number of nitrogens with one attached hydrogen (secondary N) is 2. The number of nitrogens with zero attached hydrogens (tertiary/aromatic N) is 1. The van der Waals surface area contributed by atoms with E-state index in [1.165, 1.54) is 12.4 Å². The summed E-state index contributed by atoms with van der Waals surface area (Å²) in [6.45, 7) is 0. The molecule has 0 spiro atoms. The van der Waals surface area contributed by atoms with Crippen LogP contribution in [0.25, 0.3) is 0 Å². The van der Waals surface area contributed by atoms with Gasteiger partial charge in [0.15, 0.2) is 0 Å². The summed E-state index contributed by atoms with van der Waals surface area (Å²) in [5.74, 6) is 0.255. The van der Waals surface area contributed by atoms with Crippen molar-refractivity contribution in [2.24, 2.45) is 0 Å². The summed E-state index contributed by atoms with van der Waals surface area (Å²) in [7, 11) is 0. The second-order valence-electron chi connectivity index (χ2n) is 4.16. The normalized spacial score (nSPS) is 9.00. The second-order valence-corrected chi connectivity index (χ2v) is 5.43. The lowest BCUT2D eigenvalue weighted by Gasteiger charge is -1.90. The van der Waals surface area contributed by atoms with E-state index in [4.69, 9.17) is 15.4 Å². The van der Waals surface area contributed by atoms with Crippen LogP contribution in [0.4, 0.5) is 0 Å². The van der Waals surface area contributed by atoms with Crippen molar-refractivity contribution in [1.29, 1.82) is 0 Å². The highest BCUT2D eigenvalue weighted by Crippen LogP contribution is 2.05. The fourth-order valence-electron chi connectivity index (χ4n) is 1.24. The number of aromatic hydroxyl groups is 2. The maximum Gasteiger partial charge on any atom is 0.150 e. The van der Waals surface area contributed by atoms with Crippen LogP contribution in [0.15, 0.2) is 61.2 Å². The van der Waals surface area contributed by atoms with E-state index in [1.54, 1.807) is 48.8 Å². The van der Waals surface area contributed by atoms with Crippen LogP contribution in [0, 0.1) is 13.8 Å². The van der Waals surface area contributed by atoms with Crippen LogP contribution in [0.2, 0.25) is 0 Å². The molecule has 0 amide bonds. The van der Waals surface area contributed by atoms with Crippen LogP contribution in [0.3, 0.4) is 0 Å². The molecule has 0 bridgehead atoms. The van der Waals surface area contributed by atoms with Crippen LogP contribution >= 0.6 is 36.7 Å². The Morgan fingerprint density at radius 2 is 1.62 bits per heavy atom. The van der Waals surface area contributed by atoms with Gasteiger partial charge in [-0.15, -0.1) is 0 Å². The predicted molar refractivity (Wildman–Crippen MR) is 99.0 cm³/mol. The van der Waals surface area contributed by atoms with E-state index in [0.29, 0.717) is 13.8 Å². The highest BCUT2D eigenvalue weighted by Gasteiger charge is 1.83. The third-order valence-electron chi connectivity index (χ3n) is 2.40. The number of hydrogen-bond donors (Lipinski definition) is 5. The SMILES string of the molecule is Oc1c[nH]ccc1=S.Oc1ccc[nH]c1=S.On1ccccc1=S. The molecule has 126 valence electrons. The lowest BCUT2D eigenvalue weighted by atomic mass is 10.5. The zero-order valence-corrected chi connectivity index (χ0v) is 14.7. The summed E-state index contributed by atoms with van der Waals surface area (Å²) in [4.78, 5) is 5.35. The van der Waals surface area contributed by atoms with E-state index >= 15 is 0 Å². The van der Waals surface area contributed by atoms with E-state index in [1.807, 2.05) is 0 Å². The minimum Gasteiger partial charge on any atom is -0.505 e. The van der Waals surface area contributed by atoms with Crippen molar-refractivity contribution in [2.75, 3.05) is 0 Å². The van der Waals surface area contributed by atoms with Crippen molar-refractivity contribution in [3.63, 3.8) is 0 Å². The molecule has 0 radical (unpaired) electrons. The van der Waals surface area contributed by atoms with E-state index in [0.717, 1.165) is 4.73 Å².